The summed E-state index contributed by atoms with van der Waals surface area (Å²) in [5, 5.41) is 13.4. The average molecular weight is 185 g/mol. The molecule has 0 aromatic carbocycles. The minimum absolute atomic E-state index is 0.162. The van der Waals surface area contributed by atoms with E-state index in [1.165, 1.54) is 4.88 Å². The third kappa shape index (κ3) is 2.92. The first-order chi connectivity index (χ1) is 5.68. The van der Waals surface area contributed by atoms with E-state index < -0.39 is 5.97 Å². The van der Waals surface area contributed by atoms with Crippen LogP contribution in [0.25, 0.3) is 0 Å². The number of carboxylic acids is 1. The number of hydrogen-bond donors (Lipinski definition) is 2. The zero-order chi connectivity index (χ0) is 8.97. The van der Waals surface area contributed by atoms with Gasteiger partial charge in [0.1, 0.15) is 0 Å². The molecule has 0 aliphatic carbocycles. The van der Waals surface area contributed by atoms with E-state index in [0.29, 0.717) is 6.54 Å². The molecule has 2 N–H and O–H groups in total. The quantitative estimate of drug-likeness (QED) is 0.753. The van der Waals surface area contributed by atoms with Crippen molar-refractivity contribution in [3.8, 4) is 0 Å². The first-order valence-electron chi connectivity index (χ1n) is 3.69. The van der Waals surface area contributed by atoms with Gasteiger partial charge in [-0.15, -0.1) is 11.3 Å². The highest BCUT2D eigenvalue weighted by molar-refractivity contribution is 7.10. The second kappa shape index (κ2) is 4.11. The van der Waals surface area contributed by atoms with E-state index in [2.05, 4.69) is 5.32 Å². The predicted molar refractivity (Wildman–Crippen MR) is 49.8 cm³/mol. The van der Waals surface area contributed by atoms with Crippen molar-refractivity contribution in [2.45, 2.75) is 13.3 Å². The van der Waals surface area contributed by atoms with Crippen LogP contribution in [0.3, 0.4) is 0 Å². The number of hydrogen-bond acceptors (Lipinski definition) is 3. The van der Waals surface area contributed by atoms with Crippen molar-refractivity contribution in [1.29, 1.82) is 0 Å². The van der Waals surface area contributed by atoms with Crippen molar-refractivity contribution < 1.29 is 9.90 Å². The molecule has 0 spiro atoms. The lowest BCUT2D eigenvalue weighted by atomic mass is 10.4. The van der Waals surface area contributed by atoms with E-state index in [9.17, 15) is 4.79 Å². The lowest BCUT2D eigenvalue weighted by molar-refractivity contribution is -0.136. The van der Waals surface area contributed by atoms with Crippen LogP contribution in [0, 0.1) is 6.92 Å². The molecule has 4 heteroatoms. The van der Waals surface area contributed by atoms with Gasteiger partial charge in [-0.1, -0.05) is 0 Å². The molecule has 0 bridgehead atoms. The van der Waals surface area contributed by atoms with Crippen molar-refractivity contribution in [2.24, 2.45) is 0 Å². The maximum absolute atomic E-state index is 10.2. The summed E-state index contributed by atoms with van der Waals surface area (Å²) in [6.07, 6.45) is 0.162. The van der Waals surface area contributed by atoms with Crippen molar-refractivity contribution in [2.75, 3.05) is 11.9 Å². The molecular formula is C8H11NO2S. The molecule has 1 aromatic heterocycles. The molecule has 3 nitrogen and oxygen atoms in total. The number of aliphatic carboxylic acids is 1. The van der Waals surface area contributed by atoms with Crippen LogP contribution >= 0.6 is 11.3 Å². The number of carboxylic acid groups (broad SMARTS) is 1. The molecule has 0 aliphatic heterocycles. The Hall–Kier alpha value is -1.03. The number of thiophene rings is 1. The fourth-order valence-electron chi connectivity index (χ4n) is 0.850. The van der Waals surface area contributed by atoms with Crippen LogP contribution in [0.1, 0.15) is 11.3 Å². The second-order valence-corrected chi connectivity index (χ2v) is 3.63. The Morgan fingerprint density at radius 1 is 1.75 bits per heavy atom. The highest BCUT2D eigenvalue weighted by atomic mass is 32.1. The SMILES string of the molecule is Cc1cc(NCCC(=O)O)cs1. The molecule has 0 unspecified atom stereocenters. The highest BCUT2D eigenvalue weighted by Crippen LogP contribution is 2.17. The normalized spacial score (nSPS) is 9.75. The fourth-order valence-corrected chi connectivity index (χ4v) is 1.51. The van der Waals surface area contributed by atoms with E-state index >= 15 is 0 Å². The highest BCUT2D eigenvalue weighted by Gasteiger charge is 1.97. The van der Waals surface area contributed by atoms with E-state index in [-0.39, 0.29) is 6.42 Å². The monoisotopic (exact) mass is 185 g/mol. The van der Waals surface area contributed by atoms with Crippen LogP contribution in [0.4, 0.5) is 5.69 Å². The van der Waals surface area contributed by atoms with Gasteiger partial charge in [0.05, 0.1) is 6.42 Å². The largest absolute Gasteiger partial charge is 0.481 e. The van der Waals surface area contributed by atoms with Crippen LogP contribution < -0.4 is 5.32 Å². The van der Waals surface area contributed by atoms with E-state index in [1.807, 2.05) is 18.4 Å². The van der Waals surface area contributed by atoms with Gasteiger partial charge in [0.2, 0.25) is 0 Å². The molecule has 66 valence electrons. The number of anilines is 1. The molecule has 0 aliphatic rings. The van der Waals surface area contributed by atoms with Gasteiger partial charge in [0.25, 0.3) is 0 Å². The number of aryl methyl sites for hydroxylation is 1. The van der Waals surface area contributed by atoms with Gasteiger partial charge in [0.15, 0.2) is 0 Å². The lowest BCUT2D eigenvalue weighted by Gasteiger charge is -1.99. The van der Waals surface area contributed by atoms with Crippen molar-refractivity contribution in [3.63, 3.8) is 0 Å². The van der Waals surface area contributed by atoms with Gasteiger partial charge in [0, 0.05) is 22.5 Å². The van der Waals surface area contributed by atoms with Crippen LogP contribution in [0.5, 0.6) is 0 Å². The smallest absolute Gasteiger partial charge is 0.305 e. The van der Waals surface area contributed by atoms with E-state index in [1.54, 1.807) is 11.3 Å². The van der Waals surface area contributed by atoms with Crippen molar-refractivity contribution in [3.05, 3.63) is 16.3 Å². The summed E-state index contributed by atoms with van der Waals surface area (Å²) in [6.45, 7) is 2.51. The zero-order valence-electron chi connectivity index (χ0n) is 6.83. The number of nitrogens with one attached hydrogen (secondary N) is 1. The first-order valence-corrected chi connectivity index (χ1v) is 4.57. The number of carbonyl (C=O) groups is 1. The van der Waals surface area contributed by atoms with Gasteiger partial charge in [-0.25, -0.2) is 0 Å². The number of rotatable bonds is 4. The standard InChI is InChI=1S/C8H11NO2S/c1-6-4-7(5-12-6)9-3-2-8(10)11/h4-5,9H,2-3H2,1H3,(H,10,11). The predicted octanol–water partition coefficient (Wildman–Crippen LogP) is 1.94. The molecule has 0 amide bonds. The fraction of sp³-hybridized carbons (Fsp3) is 0.375. The van der Waals surface area contributed by atoms with Gasteiger partial charge in [-0.05, 0) is 13.0 Å². The second-order valence-electron chi connectivity index (χ2n) is 2.52. The summed E-state index contributed by atoms with van der Waals surface area (Å²) in [7, 11) is 0. The Morgan fingerprint density at radius 2 is 2.50 bits per heavy atom. The average Bonchev–Trinajstić information content (AvgIpc) is 2.35. The molecule has 1 heterocycles. The Morgan fingerprint density at radius 3 is 3.00 bits per heavy atom. The molecule has 0 saturated heterocycles. The van der Waals surface area contributed by atoms with Crippen molar-refractivity contribution in [1.82, 2.24) is 0 Å². The maximum Gasteiger partial charge on any atom is 0.305 e. The van der Waals surface area contributed by atoms with Gasteiger partial charge in [-0.3, -0.25) is 4.79 Å². The summed E-state index contributed by atoms with van der Waals surface area (Å²) in [6, 6.07) is 2.01. The van der Waals surface area contributed by atoms with Crippen LogP contribution in [0.15, 0.2) is 11.4 Å². The summed E-state index contributed by atoms with van der Waals surface area (Å²) in [4.78, 5) is 11.4. The van der Waals surface area contributed by atoms with Crippen LogP contribution in [0.2, 0.25) is 0 Å². The van der Waals surface area contributed by atoms with Crippen molar-refractivity contribution >= 4 is 23.0 Å². The Balaban J connectivity index is 2.29. The van der Waals surface area contributed by atoms with Gasteiger partial charge < -0.3 is 10.4 Å². The zero-order valence-corrected chi connectivity index (χ0v) is 7.65. The van der Waals surface area contributed by atoms with E-state index in [4.69, 9.17) is 5.11 Å². The minimum Gasteiger partial charge on any atom is -0.481 e. The topological polar surface area (TPSA) is 49.3 Å². The molecule has 0 saturated carbocycles. The molecule has 0 atom stereocenters. The Kier molecular flexibility index (Phi) is 3.10. The third-order valence-corrected chi connectivity index (χ3v) is 2.26. The summed E-state index contributed by atoms with van der Waals surface area (Å²) < 4.78 is 0. The van der Waals surface area contributed by atoms with Crippen LogP contribution in [-0.2, 0) is 4.79 Å². The Labute approximate surface area is 75.0 Å². The Bertz CT molecular complexity index is 270. The molecule has 12 heavy (non-hydrogen) atoms. The summed E-state index contributed by atoms with van der Waals surface area (Å²) in [5.74, 6) is -0.769. The van der Waals surface area contributed by atoms with Gasteiger partial charge >= 0.3 is 5.97 Å². The summed E-state index contributed by atoms with van der Waals surface area (Å²) in [5.41, 5.74) is 1.01. The molecule has 1 rings (SSSR count). The van der Waals surface area contributed by atoms with Gasteiger partial charge in [-0.2, -0.15) is 0 Å². The first kappa shape index (κ1) is 9.06. The van der Waals surface area contributed by atoms with E-state index in [0.717, 1.165) is 5.69 Å². The van der Waals surface area contributed by atoms with Crippen LogP contribution in [-0.4, -0.2) is 17.6 Å². The third-order valence-electron chi connectivity index (χ3n) is 1.40. The molecular weight excluding hydrogens is 174 g/mol. The summed E-state index contributed by atoms with van der Waals surface area (Å²) >= 11 is 1.65. The minimum atomic E-state index is -0.769. The molecule has 0 radical (unpaired) electrons. The maximum atomic E-state index is 10.2. The lowest BCUT2D eigenvalue weighted by Crippen LogP contribution is -2.06. The molecule has 1 aromatic rings. The molecule has 0 fully saturated rings.